The summed E-state index contributed by atoms with van der Waals surface area (Å²) in [6.45, 7) is -0.746. The summed E-state index contributed by atoms with van der Waals surface area (Å²) >= 11 is 1.55. The quantitative estimate of drug-likeness (QED) is 0.138. The third-order valence-corrected chi connectivity index (χ3v) is 4.43. The maximum atomic E-state index is 12.3. The Balaban J connectivity index is 4.71. The van der Waals surface area contributed by atoms with Crippen LogP contribution in [0.3, 0.4) is 0 Å². The zero-order chi connectivity index (χ0) is 21.5. The average molecular weight is 422 g/mol. The monoisotopic (exact) mass is 421 g/mol. The number of carbonyl (C=O) groups excluding carboxylic acids is 3. The molecule has 0 radical (unpaired) electrons. The van der Waals surface area contributed by atoms with Crippen molar-refractivity contribution >= 4 is 35.5 Å². The minimum absolute atomic E-state index is 0.230. The Bertz CT molecular complexity index is 522. The first kappa shape index (κ1) is 26.1. The minimum Gasteiger partial charge on any atom is -0.480 e. The van der Waals surface area contributed by atoms with Crippen molar-refractivity contribution < 1.29 is 29.4 Å². The van der Waals surface area contributed by atoms with Crippen molar-refractivity contribution in [3.05, 3.63) is 0 Å². The van der Waals surface area contributed by atoms with Crippen LogP contribution in [0.2, 0.25) is 0 Å². The van der Waals surface area contributed by atoms with Crippen molar-refractivity contribution in [2.45, 2.75) is 43.8 Å². The maximum Gasteiger partial charge on any atom is 0.328 e. The Kier molecular flexibility index (Phi) is 14.1. The summed E-state index contributed by atoms with van der Waals surface area (Å²) in [5.74, 6) is -2.52. The van der Waals surface area contributed by atoms with Gasteiger partial charge in [-0.15, -0.1) is 0 Å². The fourth-order valence-electron chi connectivity index (χ4n) is 2.14. The third kappa shape index (κ3) is 11.1. The number of rotatable bonds is 15. The summed E-state index contributed by atoms with van der Waals surface area (Å²) in [5.41, 5.74) is 11.1. The zero-order valence-corrected chi connectivity index (χ0v) is 16.8. The second-order valence-corrected chi connectivity index (χ2v) is 7.08. The van der Waals surface area contributed by atoms with E-state index in [1.807, 2.05) is 6.26 Å². The summed E-state index contributed by atoms with van der Waals surface area (Å²) in [4.78, 5) is 47.1. The number of thioether (sulfide) groups is 1. The first-order valence-electron chi connectivity index (χ1n) is 8.92. The van der Waals surface area contributed by atoms with Gasteiger partial charge < -0.3 is 37.6 Å². The molecule has 0 aliphatic rings. The molecule has 0 fully saturated rings. The van der Waals surface area contributed by atoms with Crippen molar-refractivity contribution in [1.29, 1.82) is 0 Å². The molecule has 0 aromatic carbocycles. The molecule has 3 atom stereocenters. The molecule has 0 aliphatic carbocycles. The van der Waals surface area contributed by atoms with E-state index in [1.54, 1.807) is 11.8 Å². The number of aliphatic carboxylic acids is 1. The molecule has 0 saturated carbocycles. The van der Waals surface area contributed by atoms with Gasteiger partial charge in [0.05, 0.1) is 19.2 Å². The molecule has 9 N–H and O–H groups in total. The molecule has 0 aromatic rings. The number of carboxylic acids is 1. The molecule has 11 nitrogen and oxygen atoms in total. The predicted octanol–water partition coefficient (Wildman–Crippen LogP) is -2.64. The summed E-state index contributed by atoms with van der Waals surface area (Å²) in [6.07, 6.45) is 3.73. The van der Waals surface area contributed by atoms with Crippen LogP contribution in [-0.2, 0) is 19.2 Å². The van der Waals surface area contributed by atoms with Crippen molar-refractivity contribution in [2.75, 3.05) is 31.7 Å². The van der Waals surface area contributed by atoms with Crippen LogP contribution in [0.25, 0.3) is 0 Å². The molecule has 0 heterocycles. The Hall–Kier alpha value is -1.89. The lowest BCUT2D eigenvalue weighted by atomic mass is 10.1. The third-order valence-electron chi connectivity index (χ3n) is 3.79. The predicted molar refractivity (Wildman–Crippen MR) is 105 cm³/mol. The first-order valence-corrected chi connectivity index (χ1v) is 10.3. The van der Waals surface area contributed by atoms with E-state index in [0.717, 1.165) is 0 Å². The molecule has 3 unspecified atom stereocenters. The van der Waals surface area contributed by atoms with Crippen molar-refractivity contribution in [1.82, 2.24) is 16.0 Å². The van der Waals surface area contributed by atoms with E-state index in [9.17, 15) is 19.2 Å². The second-order valence-electron chi connectivity index (χ2n) is 6.09. The lowest BCUT2D eigenvalue weighted by molar-refractivity contribution is -0.143. The van der Waals surface area contributed by atoms with Crippen LogP contribution < -0.4 is 27.4 Å². The van der Waals surface area contributed by atoms with Gasteiger partial charge in [0.2, 0.25) is 17.7 Å². The number of unbranched alkanes of at least 4 members (excludes halogenated alkanes) is 1. The number of nitrogens with one attached hydrogen (secondary N) is 3. The van der Waals surface area contributed by atoms with Crippen molar-refractivity contribution in [3.63, 3.8) is 0 Å². The normalized spacial score (nSPS) is 13.9. The van der Waals surface area contributed by atoms with Crippen LogP contribution >= 0.6 is 11.8 Å². The van der Waals surface area contributed by atoms with Crippen LogP contribution in [0.1, 0.15) is 25.7 Å². The molecule has 3 amide bonds. The van der Waals surface area contributed by atoms with E-state index in [4.69, 9.17) is 21.7 Å². The highest BCUT2D eigenvalue weighted by atomic mass is 32.2. The van der Waals surface area contributed by atoms with Crippen molar-refractivity contribution in [3.8, 4) is 0 Å². The van der Waals surface area contributed by atoms with Gasteiger partial charge in [-0.3, -0.25) is 14.4 Å². The first-order chi connectivity index (χ1) is 13.3. The number of nitrogens with two attached hydrogens (primary N) is 2. The van der Waals surface area contributed by atoms with E-state index >= 15 is 0 Å². The van der Waals surface area contributed by atoms with Gasteiger partial charge in [-0.25, -0.2) is 4.79 Å². The highest BCUT2D eigenvalue weighted by Crippen LogP contribution is 2.02. The van der Waals surface area contributed by atoms with Gasteiger partial charge in [0.25, 0.3) is 0 Å². The number of aliphatic hydroxyl groups excluding tert-OH is 1. The van der Waals surface area contributed by atoms with Gasteiger partial charge in [-0.1, -0.05) is 0 Å². The molecule has 28 heavy (non-hydrogen) atoms. The Morgan fingerprint density at radius 2 is 1.71 bits per heavy atom. The number of hydrogen-bond acceptors (Lipinski definition) is 8. The highest BCUT2D eigenvalue weighted by Gasteiger charge is 2.26. The molecular weight excluding hydrogens is 390 g/mol. The SMILES string of the molecule is CSCCC(N)C(=O)NCC(=O)NC(CCCCN)C(=O)NC(CO)C(=O)O. The van der Waals surface area contributed by atoms with Gasteiger partial charge >= 0.3 is 5.97 Å². The summed E-state index contributed by atoms with van der Waals surface area (Å²) < 4.78 is 0. The Morgan fingerprint density at radius 1 is 1.04 bits per heavy atom. The molecular formula is C16H31N5O6S. The zero-order valence-electron chi connectivity index (χ0n) is 16.0. The van der Waals surface area contributed by atoms with Gasteiger partial charge in [-0.05, 0) is 44.2 Å². The van der Waals surface area contributed by atoms with Crippen LogP contribution in [0.4, 0.5) is 0 Å². The molecule has 12 heteroatoms. The van der Waals surface area contributed by atoms with E-state index in [1.165, 1.54) is 0 Å². The Labute approximate surface area is 168 Å². The summed E-state index contributed by atoms with van der Waals surface area (Å²) in [6, 6.07) is -3.23. The second kappa shape index (κ2) is 15.1. The van der Waals surface area contributed by atoms with Gasteiger partial charge in [-0.2, -0.15) is 11.8 Å². The summed E-state index contributed by atoms with van der Waals surface area (Å²) in [5, 5.41) is 25.0. The lowest BCUT2D eigenvalue weighted by Gasteiger charge is -2.21. The van der Waals surface area contributed by atoms with E-state index in [2.05, 4.69) is 16.0 Å². The van der Waals surface area contributed by atoms with Gasteiger partial charge in [0.1, 0.15) is 12.1 Å². The molecule has 0 spiro atoms. The number of carboxylic acid groups (broad SMARTS) is 1. The average Bonchev–Trinajstić information content (AvgIpc) is 2.67. The fourth-order valence-corrected chi connectivity index (χ4v) is 2.63. The molecule has 0 aliphatic heterocycles. The number of hydrogen-bond donors (Lipinski definition) is 7. The number of aliphatic hydroxyl groups is 1. The van der Waals surface area contributed by atoms with Crippen LogP contribution in [-0.4, -0.2) is 83.7 Å². The topological polar surface area (TPSA) is 197 Å². The summed E-state index contributed by atoms with van der Waals surface area (Å²) in [7, 11) is 0. The number of carbonyl (C=O) groups is 4. The number of amides is 3. The molecule has 0 rings (SSSR count). The highest BCUT2D eigenvalue weighted by molar-refractivity contribution is 7.98. The van der Waals surface area contributed by atoms with Crippen LogP contribution in [0.15, 0.2) is 0 Å². The molecule has 0 saturated heterocycles. The van der Waals surface area contributed by atoms with Crippen molar-refractivity contribution in [2.24, 2.45) is 11.5 Å². The van der Waals surface area contributed by atoms with Gasteiger partial charge in [0.15, 0.2) is 0 Å². The maximum absolute atomic E-state index is 12.3. The fraction of sp³-hybridized carbons (Fsp3) is 0.750. The van der Waals surface area contributed by atoms with E-state index in [0.29, 0.717) is 31.6 Å². The van der Waals surface area contributed by atoms with Gasteiger partial charge in [0, 0.05) is 0 Å². The smallest absolute Gasteiger partial charge is 0.328 e. The lowest BCUT2D eigenvalue weighted by Crippen LogP contribution is -2.54. The standard InChI is InChI=1S/C16H31N5O6S/c1-28-7-5-10(18)14(24)19-8-13(23)20-11(4-2-3-6-17)15(25)21-12(9-22)16(26)27/h10-12,22H,2-9,17-18H2,1H3,(H,19,24)(H,20,23)(H,21,25)(H,26,27). The van der Waals surface area contributed by atoms with E-state index < -0.39 is 48.4 Å². The van der Waals surface area contributed by atoms with E-state index in [-0.39, 0.29) is 13.0 Å². The Morgan fingerprint density at radius 3 is 2.25 bits per heavy atom. The molecule has 0 bridgehead atoms. The van der Waals surface area contributed by atoms with Crippen LogP contribution in [0, 0.1) is 0 Å². The minimum atomic E-state index is -1.48. The molecule has 162 valence electrons. The van der Waals surface area contributed by atoms with Crippen LogP contribution in [0.5, 0.6) is 0 Å². The molecule has 0 aromatic heterocycles. The largest absolute Gasteiger partial charge is 0.480 e.